The first kappa shape index (κ1) is 22.4. The van der Waals surface area contributed by atoms with Crippen molar-refractivity contribution in [3.8, 4) is 5.75 Å². The number of methoxy groups -OCH3 is 1. The second-order valence-corrected chi connectivity index (χ2v) is 6.89. The number of amides is 2. The Hall–Kier alpha value is -2.89. The van der Waals surface area contributed by atoms with Crippen LogP contribution in [-0.4, -0.2) is 36.4 Å². The number of halogens is 1. The van der Waals surface area contributed by atoms with Gasteiger partial charge < -0.3 is 15.0 Å². The summed E-state index contributed by atoms with van der Waals surface area (Å²) in [6.45, 7) is 4.75. The summed E-state index contributed by atoms with van der Waals surface area (Å²) in [4.78, 5) is 27.4. The van der Waals surface area contributed by atoms with E-state index in [2.05, 4.69) is 5.32 Å². The van der Waals surface area contributed by atoms with Gasteiger partial charge in [-0.1, -0.05) is 38.1 Å². The van der Waals surface area contributed by atoms with E-state index in [9.17, 15) is 14.0 Å². The molecule has 1 unspecified atom stereocenters. The van der Waals surface area contributed by atoms with Gasteiger partial charge in [-0.25, -0.2) is 4.39 Å². The molecule has 0 saturated heterocycles. The molecule has 2 aromatic rings. The van der Waals surface area contributed by atoms with Crippen LogP contribution in [0.2, 0.25) is 0 Å². The van der Waals surface area contributed by atoms with E-state index in [0.717, 1.165) is 17.7 Å². The van der Waals surface area contributed by atoms with Crippen LogP contribution in [0.5, 0.6) is 5.75 Å². The van der Waals surface area contributed by atoms with Crippen LogP contribution in [0.15, 0.2) is 48.5 Å². The van der Waals surface area contributed by atoms with E-state index in [4.69, 9.17) is 4.74 Å². The minimum atomic E-state index is -0.573. The molecular weight excluding hydrogens is 371 g/mol. The maximum Gasteiger partial charge on any atom is 0.242 e. The fourth-order valence-electron chi connectivity index (χ4n) is 3.09. The molecule has 0 bridgehead atoms. The van der Waals surface area contributed by atoms with Crippen molar-refractivity contribution in [3.63, 3.8) is 0 Å². The van der Waals surface area contributed by atoms with E-state index < -0.39 is 6.04 Å². The minimum absolute atomic E-state index is 0.105. The molecule has 0 spiro atoms. The third kappa shape index (κ3) is 6.59. The first-order valence-electron chi connectivity index (χ1n) is 9.93. The predicted molar refractivity (Wildman–Crippen MR) is 111 cm³/mol. The highest BCUT2D eigenvalue weighted by molar-refractivity contribution is 5.88. The Balaban J connectivity index is 2.24. The zero-order valence-electron chi connectivity index (χ0n) is 17.3. The Bertz CT molecular complexity index is 791. The molecule has 0 aliphatic rings. The standard InChI is InChI=1S/C23H29FN2O3/c1-4-14-25-23(28)21(5-2)26(16-18-8-12-20(29-3)13-9-18)22(27)15-17-6-10-19(24)11-7-17/h6-13,21H,4-5,14-16H2,1-3H3,(H,25,28). The molecule has 1 N–H and O–H groups in total. The number of hydrogen-bond donors (Lipinski definition) is 1. The van der Waals surface area contributed by atoms with Crippen LogP contribution in [0, 0.1) is 5.82 Å². The Morgan fingerprint density at radius 2 is 1.66 bits per heavy atom. The van der Waals surface area contributed by atoms with Crippen LogP contribution in [0.4, 0.5) is 4.39 Å². The molecule has 29 heavy (non-hydrogen) atoms. The van der Waals surface area contributed by atoms with Crippen molar-refractivity contribution in [2.45, 2.75) is 45.7 Å². The molecule has 156 valence electrons. The van der Waals surface area contributed by atoms with Gasteiger partial charge in [0, 0.05) is 13.1 Å². The molecule has 0 aliphatic carbocycles. The van der Waals surface area contributed by atoms with E-state index in [0.29, 0.717) is 25.1 Å². The van der Waals surface area contributed by atoms with Crippen LogP contribution in [0.3, 0.4) is 0 Å². The van der Waals surface area contributed by atoms with Gasteiger partial charge in [0.25, 0.3) is 0 Å². The van der Waals surface area contributed by atoms with Gasteiger partial charge in [0.2, 0.25) is 11.8 Å². The summed E-state index contributed by atoms with van der Waals surface area (Å²) in [6, 6.07) is 12.7. The molecule has 2 aromatic carbocycles. The average Bonchev–Trinajstić information content (AvgIpc) is 2.74. The van der Waals surface area contributed by atoms with Crippen LogP contribution >= 0.6 is 0 Å². The number of benzene rings is 2. The SMILES string of the molecule is CCCNC(=O)C(CC)N(Cc1ccc(OC)cc1)C(=O)Cc1ccc(F)cc1. The summed E-state index contributed by atoms with van der Waals surface area (Å²) >= 11 is 0. The lowest BCUT2D eigenvalue weighted by Crippen LogP contribution is -2.49. The second kappa shape index (κ2) is 11.2. The number of nitrogens with one attached hydrogen (secondary N) is 1. The van der Waals surface area contributed by atoms with Crippen molar-refractivity contribution in [3.05, 3.63) is 65.5 Å². The van der Waals surface area contributed by atoms with Crippen molar-refractivity contribution >= 4 is 11.8 Å². The molecule has 0 radical (unpaired) electrons. The molecule has 0 fully saturated rings. The third-order valence-electron chi connectivity index (χ3n) is 4.72. The smallest absolute Gasteiger partial charge is 0.242 e. The minimum Gasteiger partial charge on any atom is -0.497 e. The fraction of sp³-hybridized carbons (Fsp3) is 0.391. The highest BCUT2D eigenvalue weighted by Gasteiger charge is 2.28. The lowest BCUT2D eigenvalue weighted by atomic mass is 10.1. The molecule has 0 saturated carbocycles. The van der Waals surface area contributed by atoms with E-state index in [1.807, 2.05) is 38.1 Å². The van der Waals surface area contributed by atoms with Gasteiger partial charge in [-0.3, -0.25) is 9.59 Å². The summed E-state index contributed by atoms with van der Waals surface area (Å²) in [5.74, 6) is 0.0496. The van der Waals surface area contributed by atoms with E-state index in [1.165, 1.54) is 12.1 Å². The van der Waals surface area contributed by atoms with Gasteiger partial charge in [-0.05, 0) is 48.2 Å². The van der Waals surface area contributed by atoms with Gasteiger partial charge >= 0.3 is 0 Å². The van der Waals surface area contributed by atoms with Gasteiger partial charge in [0.1, 0.15) is 17.6 Å². The molecule has 0 heterocycles. The lowest BCUT2D eigenvalue weighted by Gasteiger charge is -2.31. The Kier molecular flexibility index (Phi) is 8.65. The van der Waals surface area contributed by atoms with Crippen LogP contribution in [-0.2, 0) is 22.6 Å². The molecule has 2 amide bonds. The van der Waals surface area contributed by atoms with Gasteiger partial charge in [-0.15, -0.1) is 0 Å². The predicted octanol–water partition coefficient (Wildman–Crippen LogP) is 3.71. The van der Waals surface area contributed by atoms with Crippen molar-refractivity contribution in [1.82, 2.24) is 10.2 Å². The first-order valence-corrected chi connectivity index (χ1v) is 9.93. The normalized spacial score (nSPS) is 11.6. The monoisotopic (exact) mass is 400 g/mol. The number of rotatable bonds is 10. The number of carbonyl (C=O) groups excluding carboxylic acids is 2. The highest BCUT2D eigenvalue weighted by Crippen LogP contribution is 2.17. The van der Waals surface area contributed by atoms with E-state index in [-0.39, 0.29) is 24.1 Å². The molecule has 0 aliphatic heterocycles. The number of nitrogens with zero attached hydrogens (tertiary/aromatic N) is 1. The van der Waals surface area contributed by atoms with Crippen molar-refractivity contribution < 1.29 is 18.7 Å². The summed E-state index contributed by atoms with van der Waals surface area (Å²) in [5, 5.41) is 2.89. The number of carbonyl (C=O) groups is 2. The summed E-state index contributed by atoms with van der Waals surface area (Å²) in [7, 11) is 1.60. The Morgan fingerprint density at radius 3 is 2.21 bits per heavy atom. The molecule has 6 heteroatoms. The topological polar surface area (TPSA) is 58.6 Å². The maximum absolute atomic E-state index is 13.2. The maximum atomic E-state index is 13.2. The van der Waals surface area contributed by atoms with Crippen molar-refractivity contribution in [2.24, 2.45) is 0 Å². The van der Waals surface area contributed by atoms with E-state index in [1.54, 1.807) is 24.1 Å². The molecular formula is C23H29FN2O3. The summed E-state index contributed by atoms with van der Waals surface area (Å²) < 4.78 is 18.4. The summed E-state index contributed by atoms with van der Waals surface area (Å²) in [5.41, 5.74) is 1.61. The van der Waals surface area contributed by atoms with Crippen LogP contribution in [0.1, 0.15) is 37.8 Å². The second-order valence-electron chi connectivity index (χ2n) is 6.89. The molecule has 5 nitrogen and oxygen atoms in total. The lowest BCUT2D eigenvalue weighted by molar-refractivity contribution is -0.140. The van der Waals surface area contributed by atoms with Crippen LogP contribution < -0.4 is 10.1 Å². The van der Waals surface area contributed by atoms with Crippen LogP contribution in [0.25, 0.3) is 0 Å². The molecule has 1 atom stereocenters. The largest absolute Gasteiger partial charge is 0.497 e. The zero-order chi connectivity index (χ0) is 21.2. The first-order chi connectivity index (χ1) is 14.0. The Labute approximate surface area is 171 Å². The Morgan fingerprint density at radius 1 is 1.03 bits per heavy atom. The molecule has 0 aromatic heterocycles. The molecule has 2 rings (SSSR count). The van der Waals surface area contributed by atoms with Gasteiger partial charge in [-0.2, -0.15) is 0 Å². The van der Waals surface area contributed by atoms with Crippen molar-refractivity contribution in [2.75, 3.05) is 13.7 Å². The zero-order valence-corrected chi connectivity index (χ0v) is 17.3. The van der Waals surface area contributed by atoms with Crippen molar-refractivity contribution in [1.29, 1.82) is 0 Å². The van der Waals surface area contributed by atoms with Gasteiger partial charge in [0.05, 0.1) is 13.5 Å². The average molecular weight is 400 g/mol. The number of ether oxygens (including phenoxy) is 1. The van der Waals surface area contributed by atoms with Gasteiger partial charge in [0.15, 0.2) is 0 Å². The quantitative estimate of drug-likeness (QED) is 0.661. The van der Waals surface area contributed by atoms with E-state index >= 15 is 0 Å². The number of hydrogen-bond acceptors (Lipinski definition) is 3. The fourth-order valence-corrected chi connectivity index (χ4v) is 3.09. The summed E-state index contributed by atoms with van der Waals surface area (Å²) in [6.07, 6.45) is 1.43. The third-order valence-corrected chi connectivity index (χ3v) is 4.72. The highest BCUT2D eigenvalue weighted by atomic mass is 19.1.